The molecule has 140 valence electrons. The van der Waals surface area contributed by atoms with E-state index in [0.29, 0.717) is 38.1 Å². The number of nitrogens with one attached hydrogen (secondary N) is 2. The molecule has 0 aliphatic heterocycles. The smallest absolute Gasteiger partial charge is 0.262 e. The van der Waals surface area contributed by atoms with E-state index in [9.17, 15) is 4.79 Å². The highest BCUT2D eigenvalue weighted by atomic mass is 35.5. The maximum atomic E-state index is 12.8. The van der Waals surface area contributed by atoms with E-state index in [2.05, 4.69) is 20.3 Å². The Morgan fingerprint density at radius 1 is 1.11 bits per heavy atom. The summed E-state index contributed by atoms with van der Waals surface area (Å²) in [4.78, 5) is 24.2. The molecule has 0 aliphatic carbocycles. The predicted molar refractivity (Wildman–Crippen MR) is 112 cm³/mol. The molecule has 8 heteroatoms. The van der Waals surface area contributed by atoms with Gasteiger partial charge in [-0.25, -0.2) is 4.98 Å². The highest BCUT2D eigenvalue weighted by molar-refractivity contribution is 6.36. The lowest BCUT2D eigenvalue weighted by Crippen LogP contribution is -2.13. The molecule has 0 spiro atoms. The second-order valence-electron chi connectivity index (χ2n) is 5.95. The summed E-state index contributed by atoms with van der Waals surface area (Å²) < 4.78 is 5.27. The zero-order valence-electron chi connectivity index (χ0n) is 14.7. The molecule has 4 aromatic rings. The molecule has 2 aromatic carbocycles. The maximum Gasteiger partial charge on any atom is 0.262 e. The molecule has 2 heterocycles. The van der Waals surface area contributed by atoms with Gasteiger partial charge in [0.2, 0.25) is 5.95 Å². The second-order valence-corrected chi connectivity index (χ2v) is 6.80. The summed E-state index contributed by atoms with van der Waals surface area (Å²) in [5.41, 5.74) is 2.12. The maximum absolute atomic E-state index is 12.8. The number of halogens is 2. The standard InChI is InChI=1S/C20H14Cl2N4O2/c1-28-13-4-2-3-11(9-13)14-7-8-23-18-17(14)19(27)26-20(25-18)24-16-6-5-12(21)10-15(16)22/h2-10H,1H3,(H2,23,24,25,26,27). The van der Waals surface area contributed by atoms with E-state index < -0.39 is 0 Å². The van der Waals surface area contributed by atoms with Crippen molar-refractivity contribution < 1.29 is 4.74 Å². The van der Waals surface area contributed by atoms with Crippen LogP contribution in [0.1, 0.15) is 0 Å². The van der Waals surface area contributed by atoms with Crippen molar-refractivity contribution in [1.82, 2.24) is 15.0 Å². The fourth-order valence-electron chi connectivity index (χ4n) is 2.87. The molecule has 0 bridgehead atoms. The summed E-state index contributed by atoms with van der Waals surface area (Å²) in [7, 11) is 1.60. The second kappa shape index (κ2) is 7.50. The Morgan fingerprint density at radius 3 is 2.75 bits per heavy atom. The van der Waals surface area contributed by atoms with E-state index in [1.54, 1.807) is 37.6 Å². The van der Waals surface area contributed by atoms with Crippen molar-refractivity contribution in [3.8, 4) is 16.9 Å². The first kappa shape index (κ1) is 18.3. The molecule has 0 radical (unpaired) electrons. The summed E-state index contributed by atoms with van der Waals surface area (Å²) in [5, 5.41) is 4.31. The first-order chi connectivity index (χ1) is 13.5. The van der Waals surface area contributed by atoms with E-state index in [-0.39, 0.29) is 11.5 Å². The summed E-state index contributed by atoms with van der Waals surface area (Å²) >= 11 is 12.1. The van der Waals surface area contributed by atoms with Crippen molar-refractivity contribution in [1.29, 1.82) is 0 Å². The van der Waals surface area contributed by atoms with Crippen molar-refractivity contribution in [2.45, 2.75) is 0 Å². The molecule has 0 saturated heterocycles. The van der Waals surface area contributed by atoms with Crippen molar-refractivity contribution >= 4 is 45.9 Å². The van der Waals surface area contributed by atoms with Gasteiger partial charge in [0.25, 0.3) is 5.56 Å². The van der Waals surface area contributed by atoms with Crippen LogP contribution in [0.4, 0.5) is 11.6 Å². The Labute approximate surface area is 170 Å². The third-order valence-corrected chi connectivity index (χ3v) is 4.72. The van der Waals surface area contributed by atoms with Crippen LogP contribution < -0.4 is 15.6 Å². The molecule has 0 fully saturated rings. The fraction of sp³-hybridized carbons (Fsp3) is 0.0500. The van der Waals surface area contributed by atoms with Crippen LogP contribution in [0.15, 0.2) is 59.5 Å². The number of H-pyrrole nitrogens is 1. The van der Waals surface area contributed by atoms with Gasteiger partial charge in [0.1, 0.15) is 5.75 Å². The van der Waals surface area contributed by atoms with Crippen LogP contribution in [0.5, 0.6) is 5.75 Å². The average molecular weight is 413 g/mol. The molecule has 2 N–H and O–H groups in total. The molecule has 0 atom stereocenters. The summed E-state index contributed by atoms with van der Waals surface area (Å²) in [5.74, 6) is 0.930. The third-order valence-electron chi connectivity index (χ3n) is 4.17. The van der Waals surface area contributed by atoms with Gasteiger partial charge in [0.05, 0.1) is 23.2 Å². The fourth-order valence-corrected chi connectivity index (χ4v) is 3.33. The molecule has 0 aliphatic rings. The van der Waals surface area contributed by atoms with E-state index in [4.69, 9.17) is 27.9 Å². The van der Waals surface area contributed by atoms with Crippen LogP contribution in [-0.4, -0.2) is 22.1 Å². The summed E-state index contributed by atoms with van der Waals surface area (Å²) in [6.07, 6.45) is 1.61. The van der Waals surface area contributed by atoms with Gasteiger partial charge in [-0.1, -0.05) is 35.3 Å². The number of rotatable bonds is 4. The number of aromatic nitrogens is 3. The molecule has 0 saturated carbocycles. The summed E-state index contributed by atoms with van der Waals surface area (Å²) in [6.45, 7) is 0. The molecule has 2 aromatic heterocycles. The van der Waals surface area contributed by atoms with Crippen LogP contribution >= 0.6 is 23.2 Å². The minimum absolute atomic E-state index is 0.233. The number of hydrogen-bond donors (Lipinski definition) is 2. The minimum Gasteiger partial charge on any atom is -0.497 e. The monoisotopic (exact) mass is 412 g/mol. The number of benzene rings is 2. The van der Waals surface area contributed by atoms with Gasteiger partial charge < -0.3 is 10.1 Å². The minimum atomic E-state index is -0.316. The quantitative estimate of drug-likeness (QED) is 0.490. The Balaban J connectivity index is 1.81. The number of methoxy groups -OCH3 is 1. The Hall–Kier alpha value is -3.09. The number of aromatic amines is 1. The first-order valence-corrected chi connectivity index (χ1v) is 9.06. The Bertz CT molecular complexity index is 1240. The van der Waals surface area contributed by atoms with Crippen molar-refractivity contribution in [2.75, 3.05) is 12.4 Å². The van der Waals surface area contributed by atoms with E-state index in [0.717, 1.165) is 5.56 Å². The van der Waals surface area contributed by atoms with Gasteiger partial charge >= 0.3 is 0 Å². The van der Waals surface area contributed by atoms with Crippen molar-refractivity contribution in [3.63, 3.8) is 0 Å². The number of pyridine rings is 1. The molecular formula is C20H14Cl2N4O2. The summed E-state index contributed by atoms with van der Waals surface area (Å²) in [6, 6.07) is 14.2. The molecular weight excluding hydrogens is 399 g/mol. The lowest BCUT2D eigenvalue weighted by Gasteiger charge is -2.10. The SMILES string of the molecule is COc1cccc(-c2ccnc3nc(Nc4ccc(Cl)cc4Cl)[nH]c(=O)c23)c1. The van der Waals surface area contributed by atoms with Crippen molar-refractivity contribution in [3.05, 3.63) is 75.1 Å². The number of fused-ring (bicyclic) bond motifs is 1. The van der Waals surface area contributed by atoms with Crippen LogP contribution in [0.3, 0.4) is 0 Å². The topological polar surface area (TPSA) is 79.9 Å². The van der Waals surface area contributed by atoms with Gasteiger partial charge in [-0.3, -0.25) is 9.78 Å². The number of ether oxygens (including phenoxy) is 1. The molecule has 0 unspecified atom stereocenters. The largest absolute Gasteiger partial charge is 0.497 e. The van der Waals surface area contributed by atoms with E-state index >= 15 is 0 Å². The number of nitrogens with zero attached hydrogens (tertiary/aromatic N) is 2. The van der Waals surface area contributed by atoms with Gasteiger partial charge in [0, 0.05) is 11.2 Å². The highest BCUT2D eigenvalue weighted by Crippen LogP contribution is 2.29. The highest BCUT2D eigenvalue weighted by Gasteiger charge is 2.13. The first-order valence-electron chi connectivity index (χ1n) is 8.30. The lowest BCUT2D eigenvalue weighted by molar-refractivity contribution is 0.415. The molecule has 0 amide bonds. The van der Waals surface area contributed by atoms with E-state index in [1.165, 1.54) is 0 Å². The zero-order chi connectivity index (χ0) is 19.7. The molecule has 6 nitrogen and oxygen atoms in total. The normalized spacial score (nSPS) is 10.8. The number of hydrogen-bond acceptors (Lipinski definition) is 5. The Kier molecular flexibility index (Phi) is 4.90. The number of anilines is 2. The van der Waals surface area contributed by atoms with Crippen LogP contribution in [0.25, 0.3) is 22.2 Å². The lowest BCUT2D eigenvalue weighted by atomic mass is 10.0. The average Bonchev–Trinajstić information content (AvgIpc) is 2.69. The van der Waals surface area contributed by atoms with Crippen molar-refractivity contribution in [2.24, 2.45) is 0 Å². The predicted octanol–water partition coefficient (Wildman–Crippen LogP) is 5.04. The van der Waals surface area contributed by atoms with Gasteiger partial charge in [-0.05, 0) is 47.5 Å². The molecule has 28 heavy (non-hydrogen) atoms. The molecule has 4 rings (SSSR count). The van der Waals surface area contributed by atoms with Crippen LogP contribution in [0, 0.1) is 0 Å². The van der Waals surface area contributed by atoms with Crippen LogP contribution in [-0.2, 0) is 0 Å². The Morgan fingerprint density at radius 2 is 1.96 bits per heavy atom. The van der Waals surface area contributed by atoms with Gasteiger partial charge in [-0.2, -0.15) is 4.98 Å². The third kappa shape index (κ3) is 3.52. The van der Waals surface area contributed by atoms with Gasteiger partial charge in [-0.15, -0.1) is 0 Å². The van der Waals surface area contributed by atoms with Crippen LogP contribution in [0.2, 0.25) is 10.0 Å². The zero-order valence-corrected chi connectivity index (χ0v) is 16.2. The van der Waals surface area contributed by atoms with E-state index in [1.807, 2.05) is 24.3 Å². The van der Waals surface area contributed by atoms with Gasteiger partial charge in [0.15, 0.2) is 5.65 Å².